The summed E-state index contributed by atoms with van der Waals surface area (Å²) in [6, 6.07) is 59.5. The summed E-state index contributed by atoms with van der Waals surface area (Å²) in [5.41, 5.74) is 17.8. The highest BCUT2D eigenvalue weighted by Crippen LogP contribution is 2.39. The monoisotopic (exact) mass is 747 g/mol. The van der Waals surface area contributed by atoms with Gasteiger partial charge in [-0.15, -0.1) is 0 Å². The van der Waals surface area contributed by atoms with Crippen molar-refractivity contribution in [2.45, 2.75) is 6.04 Å². The Hall–Kier alpha value is -7.76. The molecule has 9 aromatic rings. The molecule has 2 aromatic heterocycles. The molecule has 0 saturated heterocycles. The molecule has 0 bridgehead atoms. The maximum Gasteiger partial charge on any atom is 0.157 e. The highest BCUT2D eigenvalue weighted by molar-refractivity contribution is 6.12. The van der Waals surface area contributed by atoms with E-state index in [0.717, 1.165) is 66.7 Å². The Bertz CT molecular complexity index is 3100. The average Bonchev–Trinajstić information content (AvgIpc) is 3.79. The van der Waals surface area contributed by atoms with Gasteiger partial charge in [-0.05, 0) is 76.9 Å². The number of rotatable bonds is 10. The number of allylic oxidation sites excluding steroid dienone is 6. The van der Waals surface area contributed by atoms with Crippen LogP contribution in [0.1, 0.15) is 22.7 Å². The van der Waals surface area contributed by atoms with Crippen molar-refractivity contribution in [2.75, 3.05) is 0 Å². The van der Waals surface area contributed by atoms with Gasteiger partial charge in [-0.3, -0.25) is 4.99 Å². The van der Waals surface area contributed by atoms with Crippen LogP contribution in [-0.4, -0.2) is 21.3 Å². The number of aromatic nitrogens is 2. The molecule has 0 radical (unpaired) electrons. The third-order valence-corrected chi connectivity index (χ3v) is 10.7. The number of aliphatic imine (C=N–C) groups is 2. The Morgan fingerprint density at radius 3 is 1.98 bits per heavy atom. The SMILES string of the molecule is C=C/C=C\C(=C/C=C)n1c2ccccc2c2ccc(-c3cccc(-n4c5ccccc5c5cc(C(N=C(N=CN)c6ccccc6)c6ccccc6)ccc54)c3)cc21. The molecule has 0 spiro atoms. The van der Waals surface area contributed by atoms with E-state index in [4.69, 9.17) is 10.7 Å². The number of para-hydroxylation sites is 2. The van der Waals surface area contributed by atoms with Crippen molar-refractivity contribution in [3.63, 3.8) is 0 Å². The fraction of sp³-hybridized carbons (Fsp3) is 0.0189. The molecule has 1 unspecified atom stereocenters. The topological polar surface area (TPSA) is 60.6 Å². The molecule has 58 heavy (non-hydrogen) atoms. The van der Waals surface area contributed by atoms with Gasteiger partial charge in [0.2, 0.25) is 0 Å². The minimum Gasteiger partial charge on any atom is -0.390 e. The Labute approximate surface area is 338 Å². The fourth-order valence-corrected chi connectivity index (χ4v) is 8.12. The number of fused-ring (bicyclic) bond motifs is 6. The zero-order valence-corrected chi connectivity index (χ0v) is 32.0. The summed E-state index contributed by atoms with van der Waals surface area (Å²) in [4.78, 5) is 9.78. The number of hydrogen-bond donors (Lipinski definition) is 1. The Balaban J connectivity index is 1.19. The van der Waals surface area contributed by atoms with E-state index in [1.807, 2.05) is 54.6 Å². The van der Waals surface area contributed by atoms with E-state index in [0.29, 0.717) is 5.84 Å². The van der Waals surface area contributed by atoms with Crippen LogP contribution in [0.15, 0.2) is 223 Å². The van der Waals surface area contributed by atoms with Crippen LogP contribution >= 0.6 is 0 Å². The quantitative estimate of drug-likeness (QED) is 0.0845. The molecule has 7 aromatic carbocycles. The summed E-state index contributed by atoms with van der Waals surface area (Å²) in [7, 11) is 0. The summed E-state index contributed by atoms with van der Waals surface area (Å²) in [6.45, 7) is 7.92. The molecule has 2 N–H and O–H groups in total. The van der Waals surface area contributed by atoms with Gasteiger partial charge in [0.25, 0.3) is 0 Å². The normalized spacial score (nSPS) is 13.0. The molecule has 5 heteroatoms. The Morgan fingerprint density at radius 2 is 1.22 bits per heavy atom. The van der Waals surface area contributed by atoms with E-state index < -0.39 is 0 Å². The van der Waals surface area contributed by atoms with Crippen LogP contribution in [0.5, 0.6) is 0 Å². The lowest BCUT2D eigenvalue weighted by molar-refractivity contribution is 0.872. The van der Waals surface area contributed by atoms with Crippen LogP contribution < -0.4 is 5.73 Å². The Kier molecular flexibility index (Phi) is 9.76. The lowest BCUT2D eigenvalue weighted by Crippen LogP contribution is -2.06. The maximum atomic E-state index is 5.86. The smallest absolute Gasteiger partial charge is 0.157 e. The lowest BCUT2D eigenvalue weighted by atomic mass is 9.97. The molecule has 0 saturated carbocycles. The second-order valence-electron chi connectivity index (χ2n) is 14.1. The second kappa shape index (κ2) is 15.8. The fourth-order valence-electron chi connectivity index (χ4n) is 8.12. The van der Waals surface area contributed by atoms with Crippen LogP contribution in [0.25, 0.3) is 66.1 Å². The lowest BCUT2D eigenvalue weighted by Gasteiger charge is -2.16. The summed E-state index contributed by atoms with van der Waals surface area (Å²) in [5.74, 6) is 0.580. The highest BCUT2D eigenvalue weighted by Gasteiger charge is 2.20. The van der Waals surface area contributed by atoms with Gasteiger partial charge in [0.05, 0.1) is 28.4 Å². The van der Waals surface area contributed by atoms with Gasteiger partial charge < -0.3 is 14.9 Å². The van der Waals surface area contributed by atoms with E-state index in [9.17, 15) is 0 Å². The van der Waals surface area contributed by atoms with Crippen LogP contribution in [0.3, 0.4) is 0 Å². The summed E-state index contributed by atoms with van der Waals surface area (Å²) in [6.07, 6.45) is 11.0. The van der Waals surface area contributed by atoms with Crippen molar-refractivity contribution in [1.29, 1.82) is 0 Å². The highest BCUT2D eigenvalue weighted by atomic mass is 15.0. The number of nitrogens with zero attached hydrogens (tertiary/aromatic N) is 4. The van der Waals surface area contributed by atoms with Gasteiger partial charge in [0, 0.05) is 38.5 Å². The second-order valence-corrected chi connectivity index (χ2v) is 14.1. The molecular weight excluding hydrogens is 707 g/mol. The zero-order valence-electron chi connectivity index (χ0n) is 32.0. The van der Waals surface area contributed by atoms with Crippen LogP contribution in [0.4, 0.5) is 0 Å². The summed E-state index contributed by atoms with van der Waals surface area (Å²) >= 11 is 0. The first-order chi connectivity index (χ1) is 28.7. The molecule has 0 fully saturated rings. The van der Waals surface area contributed by atoms with Crippen molar-refractivity contribution in [1.82, 2.24) is 9.13 Å². The molecule has 9 rings (SSSR count). The standard InChI is InChI=1S/C53H41N5/c1-3-5-23-42(17-4-2)57-48-27-14-12-25-44(48)46-31-29-40(35-51(46)57)39-22-16-24-43(33-39)58-49-28-15-13-26-45(49)47-34-41(30-32-50(47)58)52(37-18-8-6-9-19-37)56-53(55-36-54)38-20-10-7-11-21-38/h3-36,52H,1-2H2,(H2,54,55,56)/b23-5-,42-17+. The van der Waals surface area contributed by atoms with E-state index in [2.05, 4.69) is 167 Å². The van der Waals surface area contributed by atoms with Gasteiger partial charge in [-0.1, -0.05) is 159 Å². The molecule has 0 aliphatic heterocycles. The molecule has 0 amide bonds. The molecule has 1 atom stereocenters. The third kappa shape index (κ3) is 6.55. The summed E-state index contributed by atoms with van der Waals surface area (Å²) < 4.78 is 4.68. The zero-order chi connectivity index (χ0) is 39.4. The minimum atomic E-state index is -0.311. The Morgan fingerprint density at radius 1 is 0.552 bits per heavy atom. The minimum absolute atomic E-state index is 0.311. The molecule has 2 heterocycles. The number of benzene rings is 7. The molecular formula is C53H41N5. The van der Waals surface area contributed by atoms with Crippen LogP contribution in [-0.2, 0) is 0 Å². The summed E-state index contributed by atoms with van der Waals surface area (Å²) in [5, 5.41) is 4.72. The van der Waals surface area contributed by atoms with E-state index in [1.54, 1.807) is 6.08 Å². The number of amidine groups is 1. The van der Waals surface area contributed by atoms with Crippen molar-refractivity contribution in [3.8, 4) is 16.8 Å². The largest absolute Gasteiger partial charge is 0.390 e. The van der Waals surface area contributed by atoms with Gasteiger partial charge in [-0.25, -0.2) is 4.99 Å². The number of hydrogen-bond acceptors (Lipinski definition) is 1. The molecule has 5 nitrogen and oxygen atoms in total. The molecule has 0 aliphatic carbocycles. The van der Waals surface area contributed by atoms with E-state index >= 15 is 0 Å². The first-order valence-corrected chi connectivity index (χ1v) is 19.4. The third-order valence-electron chi connectivity index (χ3n) is 10.7. The predicted octanol–water partition coefficient (Wildman–Crippen LogP) is 12.9. The molecule has 0 aliphatic rings. The average molecular weight is 748 g/mol. The van der Waals surface area contributed by atoms with Crippen LogP contribution in [0.2, 0.25) is 0 Å². The predicted molar refractivity (Wildman–Crippen MR) is 247 cm³/mol. The first kappa shape index (κ1) is 35.9. The van der Waals surface area contributed by atoms with E-state index in [-0.39, 0.29) is 6.04 Å². The van der Waals surface area contributed by atoms with Gasteiger partial charge >= 0.3 is 0 Å². The van der Waals surface area contributed by atoms with Crippen molar-refractivity contribution >= 4 is 61.5 Å². The van der Waals surface area contributed by atoms with Gasteiger partial charge in [0.1, 0.15) is 6.04 Å². The van der Waals surface area contributed by atoms with Crippen molar-refractivity contribution in [2.24, 2.45) is 15.7 Å². The number of nitrogens with two attached hydrogens (primary N) is 1. The van der Waals surface area contributed by atoms with Gasteiger partial charge in [-0.2, -0.15) is 0 Å². The maximum absolute atomic E-state index is 5.86. The van der Waals surface area contributed by atoms with Crippen LogP contribution in [0, 0.1) is 0 Å². The van der Waals surface area contributed by atoms with Gasteiger partial charge in [0.15, 0.2) is 5.84 Å². The molecule has 278 valence electrons. The van der Waals surface area contributed by atoms with E-state index in [1.165, 1.54) is 22.5 Å². The van der Waals surface area contributed by atoms with Crippen molar-refractivity contribution < 1.29 is 0 Å². The first-order valence-electron chi connectivity index (χ1n) is 19.4. The van der Waals surface area contributed by atoms with Crippen molar-refractivity contribution in [3.05, 3.63) is 230 Å².